The van der Waals surface area contributed by atoms with E-state index in [9.17, 15) is 18.0 Å². The van der Waals surface area contributed by atoms with E-state index in [4.69, 9.17) is 4.74 Å². The summed E-state index contributed by atoms with van der Waals surface area (Å²) in [6.45, 7) is 0.707. The molecule has 1 aliphatic heterocycles. The number of nitrogens with zero attached hydrogens (tertiary/aromatic N) is 2. The highest BCUT2D eigenvalue weighted by Gasteiger charge is 2.48. The maximum absolute atomic E-state index is 13.4. The molecule has 0 atom stereocenters. The second kappa shape index (κ2) is 8.56. The third-order valence-electron chi connectivity index (χ3n) is 8.19. The Hall–Kier alpha value is -2.97. The van der Waals surface area contributed by atoms with Gasteiger partial charge in [0.2, 0.25) is 5.91 Å². The summed E-state index contributed by atoms with van der Waals surface area (Å²) in [6, 6.07) is 16.7. The van der Waals surface area contributed by atoms with Gasteiger partial charge in [0.25, 0.3) is 5.56 Å². The number of carbonyl (C=O) groups is 1. The first kappa shape index (κ1) is 23.4. The van der Waals surface area contributed by atoms with Crippen LogP contribution in [0.4, 0.5) is 0 Å². The van der Waals surface area contributed by atoms with Gasteiger partial charge < -0.3 is 14.2 Å². The first-order valence-corrected chi connectivity index (χ1v) is 14.2. The minimum atomic E-state index is -3.46. The van der Waals surface area contributed by atoms with Crippen molar-refractivity contribution in [2.75, 3.05) is 13.2 Å². The molecule has 2 heterocycles. The molecule has 7 nitrogen and oxygen atoms in total. The second-order valence-electron chi connectivity index (χ2n) is 10.5. The number of pyridine rings is 1. The van der Waals surface area contributed by atoms with Crippen LogP contribution in [-0.4, -0.2) is 53.8 Å². The summed E-state index contributed by atoms with van der Waals surface area (Å²) >= 11 is 0. The van der Waals surface area contributed by atoms with Crippen LogP contribution in [0.25, 0.3) is 22.0 Å². The minimum absolute atomic E-state index is 0.0535. The molecule has 3 fully saturated rings. The zero-order valence-corrected chi connectivity index (χ0v) is 21.2. The van der Waals surface area contributed by atoms with Crippen LogP contribution in [-0.2, 0) is 26.4 Å². The number of carbonyl (C=O) groups excluding carboxylic acids is 1. The smallest absolute Gasteiger partial charge is 0.250 e. The number of sulfone groups is 1. The molecule has 0 radical (unpaired) electrons. The molecule has 0 N–H and O–H groups in total. The predicted octanol–water partition coefficient (Wildman–Crippen LogP) is 3.68. The van der Waals surface area contributed by atoms with Crippen molar-refractivity contribution >= 4 is 26.6 Å². The van der Waals surface area contributed by atoms with E-state index < -0.39 is 20.7 Å². The molecule has 0 unspecified atom stereocenters. The molecule has 2 saturated carbocycles. The molecule has 2 aromatic carbocycles. The normalized spacial score (nSPS) is 25.0. The first-order chi connectivity index (χ1) is 17.3. The molecule has 3 aromatic rings. The number of ether oxygens (including phenoxy) is 1. The van der Waals surface area contributed by atoms with Crippen molar-refractivity contribution in [1.82, 2.24) is 9.47 Å². The van der Waals surface area contributed by atoms with Crippen molar-refractivity contribution in [1.29, 1.82) is 0 Å². The molecule has 0 bridgehead atoms. The number of benzene rings is 2. The van der Waals surface area contributed by atoms with E-state index in [1.807, 2.05) is 41.3 Å². The van der Waals surface area contributed by atoms with Gasteiger partial charge in [-0.25, -0.2) is 8.42 Å². The van der Waals surface area contributed by atoms with E-state index in [0.717, 1.165) is 34.9 Å². The monoisotopic (exact) mass is 506 g/mol. The highest BCUT2D eigenvalue weighted by Crippen LogP contribution is 2.41. The molecule has 1 amide bonds. The molecule has 8 heteroatoms. The van der Waals surface area contributed by atoms with E-state index >= 15 is 0 Å². The quantitative estimate of drug-likeness (QED) is 0.539. The van der Waals surface area contributed by atoms with Crippen molar-refractivity contribution in [3.05, 3.63) is 65.0 Å². The Kier molecular flexibility index (Phi) is 5.57. The fraction of sp³-hybridized carbons (Fsp3) is 0.429. The van der Waals surface area contributed by atoms with Crippen LogP contribution in [0, 0.1) is 0 Å². The maximum atomic E-state index is 13.4. The Morgan fingerprint density at radius 2 is 1.58 bits per heavy atom. The third-order valence-corrected chi connectivity index (χ3v) is 10.5. The Morgan fingerprint density at radius 3 is 2.28 bits per heavy atom. The molecule has 36 heavy (non-hydrogen) atoms. The Morgan fingerprint density at radius 1 is 0.889 bits per heavy atom. The van der Waals surface area contributed by atoms with Gasteiger partial charge >= 0.3 is 0 Å². The van der Waals surface area contributed by atoms with Crippen molar-refractivity contribution in [2.24, 2.45) is 7.05 Å². The van der Waals surface area contributed by atoms with Gasteiger partial charge in [0.1, 0.15) is 6.61 Å². The third kappa shape index (κ3) is 4.06. The molecule has 3 aliphatic rings. The SMILES string of the molecule is Cn1c(=O)ccc2cc(-c3ccc(S(=O)(=O)C4CCC5(CC4)CN(C4CC4)C(=O)CO5)cc3)ccc21. The fourth-order valence-corrected chi connectivity index (χ4v) is 7.54. The zero-order valence-electron chi connectivity index (χ0n) is 20.4. The summed E-state index contributed by atoms with van der Waals surface area (Å²) in [5.41, 5.74) is 2.29. The lowest BCUT2D eigenvalue weighted by Gasteiger charge is -2.46. The number of hydrogen-bond acceptors (Lipinski definition) is 5. The van der Waals surface area contributed by atoms with Crippen LogP contribution in [0.5, 0.6) is 0 Å². The van der Waals surface area contributed by atoms with Crippen molar-refractivity contribution < 1.29 is 17.9 Å². The maximum Gasteiger partial charge on any atom is 0.250 e. The molecule has 1 saturated heterocycles. The topological polar surface area (TPSA) is 85.7 Å². The Labute approximate surface area is 210 Å². The zero-order chi connectivity index (χ0) is 25.1. The Bertz CT molecular complexity index is 1500. The van der Waals surface area contributed by atoms with E-state index in [2.05, 4.69) is 0 Å². The standard InChI is InChI=1S/C28H30N2O5S/c1-29-25-10-4-20(16-21(25)5-11-26(29)31)19-2-8-23(9-3-19)36(33,34)24-12-14-28(15-13-24)18-30(22-6-7-22)27(32)17-35-28/h2-5,8-11,16,22,24H,6-7,12-15,17-18H2,1H3. The molecule has 1 spiro atoms. The summed E-state index contributed by atoms with van der Waals surface area (Å²) in [5.74, 6) is 0.0633. The fourth-order valence-electron chi connectivity index (χ4n) is 5.79. The van der Waals surface area contributed by atoms with Gasteiger partial charge in [-0.15, -0.1) is 0 Å². The summed E-state index contributed by atoms with van der Waals surface area (Å²) < 4.78 is 34.5. The largest absolute Gasteiger partial charge is 0.363 e. The summed E-state index contributed by atoms with van der Waals surface area (Å²) in [5, 5.41) is 0.515. The predicted molar refractivity (Wildman–Crippen MR) is 137 cm³/mol. The van der Waals surface area contributed by atoms with Crippen LogP contribution < -0.4 is 5.56 Å². The van der Waals surface area contributed by atoms with Crippen molar-refractivity contribution in [3.8, 4) is 11.1 Å². The Balaban J connectivity index is 1.17. The van der Waals surface area contributed by atoms with E-state index in [0.29, 0.717) is 43.2 Å². The van der Waals surface area contributed by atoms with E-state index in [1.54, 1.807) is 29.8 Å². The molecular formula is C28H30N2O5S. The number of aromatic nitrogens is 1. The highest BCUT2D eigenvalue weighted by molar-refractivity contribution is 7.92. The van der Waals surface area contributed by atoms with Gasteiger partial charge in [-0.1, -0.05) is 18.2 Å². The van der Waals surface area contributed by atoms with E-state index in [1.165, 1.54) is 0 Å². The van der Waals surface area contributed by atoms with Crippen LogP contribution >= 0.6 is 0 Å². The van der Waals surface area contributed by atoms with Gasteiger partial charge in [-0.3, -0.25) is 9.59 Å². The number of rotatable bonds is 4. The number of morpholine rings is 1. The summed E-state index contributed by atoms with van der Waals surface area (Å²) in [4.78, 5) is 26.4. The lowest BCUT2D eigenvalue weighted by Crippen LogP contribution is -2.57. The van der Waals surface area contributed by atoms with Crippen molar-refractivity contribution in [2.45, 2.75) is 60.3 Å². The number of amides is 1. The lowest BCUT2D eigenvalue weighted by molar-refractivity contribution is -0.169. The van der Waals surface area contributed by atoms with Crippen molar-refractivity contribution in [3.63, 3.8) is 0 Å². The minimum Gasteiger partial charge on any atom is -0.363 e. The first-order valence-electron chi connectivity index (χ1n) is 12.6. The molecule has 2 aliphatic carbocycles. The second-order valence-corrected chi connectivity index (χ2v) is 12.7. The average molecular weight is 507 g/mol. The lowest BCUT2D eigenvalue weighted by atomic mass is 9.83. The summed E-state index contributed by atoms with van der Waals surface area (Å²) in [7, 11) is -1.71. The molecule has 188 valence electrons. The van der Waals surface area contributed by atoms with Crippen LogP contribution in [0.3, 0.4) is 0 Å². The molecule has 1 aromatic heterocycles. The van der Waals surface area contributed by atoms with Gasteiger partial charge in [0.15, 0.2) is 9.84 Å². The molecular weight excluding hydrogens is 476 g/mol. The van der Waals surface area contributed by atoms with Crippen LogP contribution in [0.15, 0.2) is 64.3 Å². The number of hydrogen-bond donors (Lipinski definition) is 0. The van der Waals surface area contributed by atoms with Gasteiger partial charge in [-0.05, 0) is 85.4 Å². The molecule has 6 rings (SSSR count). The highest BCUT2D eigenvalue weighted by atomic mass is 32.2. The van der Waals surface area contributed by atoms with Crippen LogP contribution in [0.1, 0.15) is 38.5 Å². The summed E-state index contributed by atoms with van der Waals surface area (Å²) in [6.07, 6.45) is 4.53. The van der Waals surface area contributed by atoms with Gasteiger partial charge in [0, 0.05) is 19.2 Å². The average Bonchev–Trinajstić information content (AvgIpc) is 3.74. The van der Waals surface area contributed by atoms with Gasteiger partial charge in [0.05, 0.1) is 27.8 Å². The number of aryl methyl sites for hydroxylation is 1. The van der Waals surface area contributed by atoms with Gasteiger partial charge in [-0.2, -0.15) is 0 Å². The number of fused-ring (bicyclic) bond motifs is 1. The van der Waals surface area contributed by atoms with Crippen LogP contribution in [0.2, 0.25) is 0 Å². The van der Waals surface area contributed by atoms with E-state index in [-0.39, 0.29) is 18.1 Å².